The van der Waals surface area contributed by atoms with Crippen molar-refractivity contribution in [3.63, 3.8) is 0 Å². The van der Waals surface area contributed by atoms with E-state index in [1.807, 2.05) is 30.3 Å². The van der Waals surface area contributed by atoms with Gasteiger partial charge in [0, 0.05) is 17.6 Å². The smallest absolute Gasteiger partial charge is 0.407 e. The second-order valence-electron chi connectivity index (χ2n) is 8.84. The molecule has 1 aromatic carbocycles. The standard InChI is InChI=1S/C20H32N2O2/c1-19(2,3)14-20(4,5)22-17-11-16(12-17)21-18(23)24-13-15-9-7-6-8-10-15/h6-10,16-17,22H,11-14H2,1-5H3,(H,21,23). The first-order valence-corrected chi connectivity index (χ1v) is 8.88. The molecule has 4 heteroatoms. The van der Waals surface area contributed by atoms with Crippen LogP contribution in [0.2, 0.25) is 0 Å². The minimum absolute atomic E-state index is 0.113. The average Bonchev–Trinajstić information content (AvgIpc) is 2.41. The van der Waals surface area contributed by atoms with Crippen molar-refractivity contribution in [1.29, 1.82) is 0 Å². The predicted molar refractivity (Wildman–Crippen MR) is 97.9 cm³/mol. The van der Waals surface area contributed by atoms with Crippen molar-refractivity contribution < 1.29 is 9.53 Å². The van der Waals surface area contributed by atoms with Gasteiger partial charge in [0.1, 0.15) is 6.61 Å². The van der Waals surface area contributed by atoms with E-state index in [1.165, 1.54) is 0 Å². The molecule has 1 aromatic rings. The molecule has 0 bridgehead atoms. The molecular formula is C20H32N2O2. The monoisotopic (exact) mass is 332 g/mol. The Morgan fingerprint density at radius 1 is 1.08 bits per heavy atom. The van der Waals surface area contributed by atoms with Crippen LogP contribution in [0.5, 0.6) is 0 Å². The van der Waals surface area contributed by atoms with Crippen molar-refractivity contribution in [3.05, 3.63) is 35.9 Å². The van der Waals surface area contributed by atoms with Crippen LogP contribution in [0.25, 0.3) is 0 Å². The average molecular weight is 332 g/mol. The molecule has 1 aliphatic rings. The summed E-state index contributed by atoms with van der Waals surface area (Å²) < 4.78 is 5.27. The maximum Gasteiger partial charge on any atom is 0.407 e. The van der Waals surface area contributed by atoms with E-state index < -0.39 is 0 Å². The zero-order valence-electron chi connectivity index (χ0n) is 15.7. The first-order valence-electron chi connectivity index (χ1n) is 8.88. The number of hydrogen-bond acceptors (Lipinski definition) is 3. The highest BCUT2D eigenvalue weighted by molar-refractivity contribution is 5.67. The highest BCUT2D eigenvalue weighted by atomic mass is 16.5. The highest BCUT2D eigenvalue weighted by Crippen LogP contribution is 2.30. The maximum absolute atomic E-state index is 11.8. The zero-order valence-corrected chi connectivity index (χ0v) is 15.7. The van der Waals surface area contributed by atoms with Crippen LogP contribution in [0.4, 0.5) is 4.79 Å². The van der Waals surface area contributed by atoms with Gasteiger partial charge in [-0.25, -0.2) is 4.79 Å². The fourth-order valence-corrected chi connectivity index (χ4v) is 3.71. The fraction of sp³-hybridized carbons (Fsp3) is 0.650. The third-order valence-corrected chi connectivity index (χ3v) is 4.24. The lowest BCUT2D eigenvalue weighted by atomic mass is 9.79. The number of benzene rings is 1. The van der Waals surface area contributed by atoms with Crippen LogP contribution in [0, 0.1) is 5.41 Å². The van der Waals surface area contributed by atoms with Gasteiger partial charge in [-0.15, -0.1) is 0 Å². The van der Waals surface area contributed by atoms with Gasteiger partial charge in [0.15, 0.2) is 0 Å². The molecule has 0 aromatic heterocycles. The second-order valence-corrected chi connectivity index (χ2v) is 8.84. The molecule has 1 fully saturated rings. The third kappa shape index (κ3) is 6.52. The van der Waals surface area contributed by atoms with Gasteiger partial charge in [-0.3, -0.25) is 0 Å². The number of amides is 1. The van der Waals surface area contributed by atoms with Gasteiger partial charge in [-0.1, -0.05) is 51.1 Å². The van der Waals surface area contributed by atoms with Gasteiger partial charge < -0.3 is 15.4 Å². The lowest BCUT2D eigenvalue weighted by molar-refractivity contribution is 0.118. The number of alkyl carbamates (subject to hydrolysis) is 1. The number of rotatable bonds is 6. The van der Waals surface area contributed by atoms with E-state index in [0.29, 0.717) is 18.1 Å². The van der Waals surface area contributed by atoms with Crippen molar-refractivity contribution in [1.82, 2.24) is 10.6 Å². The fourth-order valence-electron chi connectivity index (χ4n) is 3.71. The molecule has 2 rings (SSSR count). The molecule has 0 spiro atoms. The van der Waals surface area contributed by atoms with Crippen LogP contribution in [0.3, 0.4) is 0 Å². The summed E-state index contributed by atoms with van der Waals surface area (Å²) in [5.74, 6) is 0. The highest BCUT2D eigenvalue weighted by Gasteiger charge is 2.35. The van der Waals surface area contributed by atoms with Gasteiger partial charge in [0.25, 0.3) is 0 Å². The Balaban J connectivity index is 1.65. The SMILES string of the molecule is CC(C)(C)CC(C)(C)NC1CC(NC(=O)OCc2ccccc2)C1. The molecule has 4 nitrogen and oxygen atoms in total. The van der Waals surface area contributed by atoms with Gasteiger partial charge in [0.05, 0.1) is 0 Å². The molecule has 1 aliphatic carbocycles. The number of carbonyl (C=O) groups is 1. The molecule has 2 N–H and O–H groups in total. The molecule has 1 amide bonds. The topological polar surface area (TPSA) is 50.4 Å². The van der Waals surface area contributed by atoms with Crippen molar-refractivity contribution in [2.24, 2.45) is 5.41 Å². The third-order valence-electron chi connectivity index (χ3n) is 4.24. The van der Waals surface area contributed by atoms with Gasteiger partial charge in [0.2, 0.25) is 0 Å². The molecule has 0 aliphatic heterocycles. The summed E-state index contributed by atoms with van der Waals surface area (Å²) >= 11 is 0. The lowest BCUT2D eigenvalue weighted by Crippen LogP contribution is -2.58. The van der Waals surface area contributed by atoms with Crippen LogP contribution in [0.15, 0.2) is 30.3 Å². The van der Waals surface area contributed by atoms with Crippen LogP contribution in [-0.2, 0) is 11.3 Å². The van der Waals surface area contributed by atoms with E-state index in [4.69, 9.17) is 4.74 Å². The number of nitrogens with one attached hydrogen (secondary N) is 2. The minimum Gasteiger partial charge on any atom is -0.445 e. The van der Waals surface area contributed by atoms with Crippen LogP contribution in [-0.4, -0.2) is 23.7 Å². The normalized spacial score (nSPS) is 21.0. The van der Waals surface area contributed by atoms with Gasteiger partial charge in [-0.2, -0.15) is 0 Å². The predicted octanol–water partition coefficient (Wildman–Crippen LogP) is 4.25. The Bertz CT molecular complexity index is 528. The molecule has 24 heavy (non-hydrogen) atoms. The largest absolute Gasteiger partial charge is 0.445 e. The Morgan fingerprint density at radius 2 is 1.71 bits per heavy atom. The summed E-state index contributed by atoms with van der Waals surface area (Å²) in [7, 11) is 0. The summed E-state index contributed by atoms with van der Waals surface area (Å²) in [5.41, 5.74) is 1.42. The molecular weight excluding hydrogens is 300 g/mol. The van der Waals surface area contributed by atoms with E-state index in [0.717, 1.165) is 24.8 Å². The summed E-state index contributed by atoms with van der Waals surface area (Å²) in [6.45, 7) is 11.6. The maximum atomic E-state index is 11.8. The van der Waals surface area contributed by atoms with Crippen LogP contribution >= 0.6 is 0 Å². The molecule has 0 unspecified atom stereocenters. The van der Waals surface area contributed by atoms with E-state index in [1.54, 1.807) is 0 Å². The Labute approximate surface area is 146 Å². The minimum atomic E-state index is -0.323. The quantitative estimate of drug-likeness (QED) is 0.819. The van der Waals surface area contributed by atoms with Crippen molar-refractivity contribution in [2.75, 3.05) is 0 Å². The van der Waals surface area contributed by atoms with Crippen molar-refractivity contribution in [3.8, 4) is 0 Å². The molecule has 0 saturated heterocycles. The van der Waals surface area contributed by atoms with Crippen LogP contribution < -0.4 is 10.6 Å². The van der Waals surface area contributed by atoms with E-state index in [-0.39, 0.29) is 17.7 Å². The zero-order chi connectivity index (χ0) is 17.8. The second kappa shape index (κ2) is 7.56. The van der Waals surface area contributed by atoms with E-state index >= 15 is 0 Å². The van der Waals surface area contributed by atoms with Crippen LogP contribution in [0.1, 0.15) is 59.4 Å². The van der Waals surface area contributed by atoms with Crippen molar-refractivity contribution in [2.45, 2.75) is 78.1 Å². The van der Waals surface area contributed by atoms with E-state index in [2.05, 4.69) is 45.3 Å². The molecule has 134 valence electrons. The molecule has 0 radical (unpaired) electrons. The van der Waals surface area contributed by atoms with Gasteiger partial charge >= 0.3 is 6.09 Å². The summed E-state index contributed by atoms with van der Waals surface area (Å²) in [5, 5.41) is 6.67. The lowest BCUT2D eigenvalue weighted by Gasteiger charge is -2.43. The number of hydrogen-bond donors (Lipinski definition) is 2. The number of carbonyl (C=O) groups excluding carboxylic acids is 1. The molecule has 1 saturated carbocycles. The van der Waals surface area contributed by atoms with Crippen molar-refractivity contribution >= 4 is 6.09 Å². The number of ether oxygens (including phenoxy) is 1. The first kappa shape index (κ1) is 18.8. The summed E-state index contributed by atoms with van der Waals surface area (Å²) in [6, 6.07) is 10.4. The summed E-state index contributed by atoms with van der Waals surface area (Å²) in [4.78, 5) is 11.8. The van der Waals surface area contributed by atoms with E-state index in [9.17, 15) is 4.79 Å². The Hall–Kier alpha value is -1.55. The summed E-state index contributed by atoms with van der Waals surface area (Å²) in [6.07, 6.45) is 2.73. The molecule has 0 atom stereocenters. The Kier molecular flexibility index (Phi) is 5.92. The first-order chi connectivity index (χ1) is 11.1. The van der Waals surface area contributed by atoms with Gasteiger partial charge in [-0.05, 0) is 44.1 Å². The molecule has 0 heterocycles. The Morgan fingerprint density at radius 3 is 2.29 bits per heavy atom.